The number of anilines is 4. The Balaban J connectivity index is 0.00000506. The highest BCUT2D eigenvalue weighted by molar-refractivity contribution is 7.95. The number of hydrogen-bond donors (Lipinski definition) is 3. The molecule has 0 saturated heterocycles. The maximum Gasteiger partial charge on any atom is 0.291 e. The number of rotatable bonds is 13. The van der Waals surface area contributed by atoms with E-state index >= 15 is 0 Å². The fourth-order valence-corrected chi connectivity index (χ4v) is 5.33. The zero-order valence-electron chi connectivity index (χ0n) is 24.1. The highest BCUT2D eigenvalue weighted by atomic mass is 127. The topological polar surface area (TPSA) is 109 Å². The molecule has 4 aromatic rings. The molecule has 0 radical (unpaired) electrons. The monoisotopic (exact) mass is 757 g/mol. The summed E-state index contributed by atoms with van der Waals surface area (Å²) in [6.07, 6.45) is 6.33. The van der Waals surface area contributed by atoms with Gasteiger partial charge in [-0.2, -0.15) is 0 Å². The van der Waals surface area contributed by atoms with E-state index in [4.69, 9.17) is 27.6 Å². The molecule has 3 N–H and O–H groups in total. The third-order valence-electron chi connectivity index (χ3n) is 6.46. The van der Waals surface area contributed by atoms with Crippen molar-refractivity contribution in [2.24, 2.45) is 7.05 Å². The molecule has 0 atom stereocenters. The molecule has 0 bridgehead atoms. The molecule has 2 aromatic heterocycles. The fourth-order valence-electron chi connectivity index (χ4n) is 4.33. The number of benzene rings is 2. The predicted molar refractivity (Wildman–Crippen MR) is 175 cm³/mol. The summed E-state index contributed by atoms with van der Waals surface area (Å²) in [5.74, 6) is 1.13. The van der Waals surface area contributed by atoms with E-state index in [0.717, 1.165) is 11.4 Å². The summed E-state index contributed by atoms with van der Waals surface area (Å²) in [5, 5.41) is 9.24. The van der Waals surface area contributed by atoms with Crippen molar-refractivity contribution in [2.75, 3.05) is 64.0 Å². The standard InChI is InChI=1S/C30H33Cl2N5O4S.HI/c1-36-19-23(33-28(38)10-15-42(2)3)18-25(36)29(39)35-22-6-9-26-20(16-22)17-27(41-26)30(40)34-21-4-7-24(8-5-21)37(13-11-31)14-12-32;/h4-9,16-19H,10-15H2,1-3H3,(H2-,33,34,35,38,39,40);1H. The van der Waals surface area contributed by atoms with Crippen LogP contribution in [-0.2, 0) is 22.7 Å². The zero-order valence-corrected chi connectivity index (χ0v) is 28.6. The van der Waals surface area contributed by atoms with Gasteiger partial charge < -0.3 is 53.8 Å². The molecule has 13 heteroatoms. The molecular formula is C30H34Cl2IN5O4S. The molecular weight excluding hydrogens is 724 g/mol. The van der Waals surface area contributed by atoms with E-state index in [1.54, 1.807) is 48.1 Å². The number of fused-ring (bicyclic) bond motifs is 1. The number of aryl methyl sites for hydroxylation is 1. The van der Waals surface area contributed by atoms with Crippen LogP contribution in [0.4, 0.5) is 22.7 Å². The Labute approximate surface area is 281 Å². The largest absolute Gasteiger partial charge is 1.00 e. The number of hydrogen-bond acceptors (Lipinski definition) is 5. The molecule has 0 unspecified atom stereocenters. The van der Waals surface area contributed by atoms with Crippen molar-refractivity contribution in [2.45, 2.75) is 6.42 Å². The number of carbonyl (C=O) groups is 3. The number of amides is 3. The van der Waals surface area contributed by atoms with E-state index in [1.807, 2.05) is 24.3 Å². The Bertz CT molecular complexity index is 1550. The van der Waals surface area contributed by atoms with E-state index in [-0.39, 0.29) is 52.4 Å². The summed E-state index contributed by atoms with van der Waals surface area (Å²) in [5.41, 5.74) is 3.59. The minimum atomic E-state index is -0.393. The number of nitrogens with one attached hydrogen (secondary N) is 3. The molecule has 0 fully saturated rings. The fraction of sp³-hybridized carbons (Fsp3) is 0.300. The lowest BCUT2D eigenvalue weighted by Crippen LogP contribution is -3.00. The molecule has 4 rings (SSSR count). The minimum absolute atomic E-state index is 0. The smallest absolute Gasteiger partial charge is 0.291 e. The highest BCUT2D eigenvalue weighted by Crippen LogP contribution is 2.25. The van der Waals surface area contributed by atoms with Crippen molar-refractivity contribution in [3.63, 3.8) is 0 Å². The van der Waals surface area contributed by atoms with Gasteiger partial charge >= 0.3 is 0 Å². The first-order valence-electron chi connectivity index (χ1n) is 13.3. The summed E-state index contributed by atoms with van der Waals surface area (Å²) in [7, 11) is 1.93. The zero-order chi connectivity index (χ0) is 30.2. The predicted octanol–water partition coefficient (Wildman–Crippen LogP) is 2.77. The van der Waals surface area contributed by atoms with Gasteiger partial charge in [0.2, 0.25) is 5.91 Å². The van der Waals surface area contributed by atoms with Crippen LogP contribution in [0.1, 0.15) is 27.5 Å². The van der Waals surface area contributed by atoms with Gasteiger partial charge in [0.05, 0.1) is 24.6 Å². The van der Waals surface area contributed by atoms with Crippen molar-refractivity contribution in [1.29, 1.82) is 0 Å². The van der Waals surface area contributed by atoms with Crippen LogP contribution in [0.2, 0.25) is 0 Å². The molecule has 2 heterocycles. The van der Waals surface area contributed by atoms with E-state index in [1.165, 1.54) is 0 Å². The number of aromatic nitrogens is 1. The molecule has 230 valence electrons. The molecule has 9 nitrogen and oxygen atoms in total. The third-order valence-corrected chi connectivity index (χ3v) is 7.81. The van der Waals surface area contributed by atoms with Gasteiger partial charge in [-0.1, -0.05) is 0 Å². The van der Waals surface area contributed by atoms with Gasteiger partial charge in [0.15, 0.2) is 5.76 Å². The lowest BCUT2D eigenvalue weighted by Gasteiger charge is -2.23. The van der Waals surface area contributed by atoms with Crippen LogP contribution in [0.25, 0.3) is 11.0 Å². The van der Waals surface area contributed by atoms with Crippen LogP contribution >= 0.6 is 23.2 Å². The van der Waals surface area contributed by atoms with Gasteiger partial charge in [-0.25, -0.2) is 0 Å². The van der Waals surface area contributed by atoms with Gasteiger partial charge in [-0.15, -0.1) is 23.2 Å². The van der Waals surface area contributed by atoms with Crippen molar-refractivity contribution in [3.8, 4) is 0 Å². The molecule has 0 saturated carbocycles. The van der Waals surface area contributed by atoms with Crippen molar-refractivity contribution in [1.82, 2.24) is 4.57 Å². The quantitative estimate of drug-likeness (QED) is 0.111. The van der Waals surface area contributed by atoms with Crippen molar-refractivity contribution in [3.05, 3.63) is 72.2 Å². The summed E-state index contributed by atoms with van der Waals surface area (Å²) in [6, 6.07) is 15.8. The van der Waals surface area contributed by atoms with Crippen LogP contribution in [-0.4, -0.2) is 65.4 Å². The average molecular weight is 759 g/mol. The van der Waals surface area contributed by atoms with Crippen LogP contribution in [0.3, 0.4) is 0 Å². The molecule has 2 aromatic carbocycles. The first-order chi connectivity index (χ1) is 20.2. The second-order valence-corrected chi connectivity index (χ2v) is 13.0. The molecule has 0 aliphatic rings. The van der Waals surface area contributed by atoms with Crippen LogP contribution in [0.5, 0.6) is 0 Å². The lowest BCUT2D eigenvalue weighted by molar-refractivity contribution is -0.115. The first kappa shape index (κ1) is 34.6. The highest BCUT2D eigenvalue weighted by Gasteiger charge is 2.17. The Kier molecular flexibility index (Phi) is 13.1. The van der Waals surface area contributed by atoms with Gasteiger partial charge in [0, 0.05) is 60.5 Å². The number of alkyl halides is 2. The Morgan fingerprint density at radius 3 is 2.16 bits per heavy atom. The first-order valence-corrected chi connectivity index (χ1v) is 16.6. The molecule has 0 aliphatic carbocycles. The Morgan fingerprint density at radius 1 is 0.860 bits per heavy atom. The van der Waals surface area contributed by atoms with Crippen LogP contribution in [0, 0.1) is 0 Å². The normalized spacial score (nSPS) is 10.8. The number of nitrogens with zero attached hydrogens (tertiary/aromatic N) is 2. The van der Waals surface area contributed by atoms with Crippen molar-refractivity contribution < 1.29 is 42.8 Å². The molecule has 0 aliphatic heterocycles. The summed E-state index contributed by atoms with van der Waals surface area (Å²) in [6.45, 7) is 1.34. The minimum Gasteiger partial charge on any atom is -1.00 e. The van der Waals surface area contributed by atoms with E-state index in [2.05, 4.69) is 33.4 Å². The van der Waals surface area contributed by atoms with Crippen molar-refractivity contribution >= 4 is 85.5 Å². The van der Waals surface area contributed by atoms with Crippen LogP contribution < -0.4 is 44.8 Å². The van der Waals surface area contributed by atoms with Gasteiger partial charge in [-0.05, 0) is 65.5 Å². The number of furan rings is 1. The number of carbonyl (C=O) groups excluding carboxylic acids is 3. The van der Waals surface area contributed by atoms with Gasteiger partial charge in [0.25, 0.3) is 11.8 Å². The number of halogens is 3. The summed E-state index contributed by atoms with van der Waals surface area (Å²) in [4.78, 5) is 40.2. The van der Waals surface area contributed by atoms with Gasteiger partial charge in [-0.3, -0.25) is 14.4 Å². The summed E-state index contributed by atoms with van der Waals surface area (Å²) < 4.78 is 7.42. The molecule has 3 amide bonds. The average Bonchev–Trinajstić information content (AvgIpc) is 3.55. The van der Waals surface area contributed by atoms with E-state index in [9.17, 15) is 14.4 Å². The third kappa shape index (κ3) is 9.56. The van der Waals surface area contributed by atoms with E-state index < -0.39 is 5.91 Å². The Hall–Kier alpha value is -2.87. The Morgan fingerprint density at radius 2 is 1.51 bits per heavy atom. The molecule has 0 spiro atoms. The van der Waals surface area contributed by atoms with Gasteiger partial charge in [0.1, 0.15) is 17.0 Å². The summed E-state index contributed by atoms with van der Waals surface area (Å²) >= 11 is 11.8. The van der Waals surface area contributed by atoms with E-state index in [0.29, 0.717) is 65.0 Å². The second kappa shape index (κ2) is 16.3. The maximum atomic E-state index is 13.0. The van der Waals surface area contributed by atoms with Crippen LogP contribution in [0.15, 0.2) is 65.2 Å². The maximum absolute atomic E-state index is 13.0. The second-order valence-electron chi connectivity index (χ2n) is 9.90. The SMILES string of the molecule is Cn1cc(NC(=O)CC[S+](C)C)cc1C(=O)Nc1ccc2oc(C(=O)Nc3ccc(N(CCCl)CCCl)cc3)cc2c1.[I-]. The molecule has 43 heavy (non-hydrogen) atoms. The lowest BCUT2D eigenvalue weighted by atomic mass is 10.2.